The van der Waals surface area contributed by atoms with Crippen LogP contribution in [-0.4, -0.2) is 29.9 Å². The predicted molar refractivity (Wildman–Crippen MR) is 122 cm³/mol. The van der Waals surface area contributed by atoms with Crippen LogP contribution in [0.25, 0.3) is 22.2 Å². The number of rotatable bonds is 5. The number of carboxylic acids is 1. The maximum absolute atomic E-state index is 12.8. The highest BCUT2D eigenvalue weighted by Crippen LogP contribution is 2.42. The number of halogens is 2. The topological polar surface area (TPSA) is 113 Å². The fourth-order valence-electron chi connectivity index (χ4n) is 4.55. The molecule has 0 radical (unpaired) electrons. The summed E-state index contributed by atoms with van der Waals surface area (Å²) in [5, 5.41) is 16.4. The lowest BCUT2D eigenvalue weighted by Crippen LogP contribution is -2.20. The van der Waals surface area contributed by atoms with Crippen LogP contribution in [0.5, 0.6) is 0 Å². The number of carbonyl (C=O) groups is 1. The van der Waals surface area contributed by atoms with Crippen LogP contribution in [0.3, 0.4) is 0 Å². The highest BCUT2D eigenvalue weighted by atomic mass is 35.5. The summed E-state index contributed by atoms with van der Waals surface area (Å²) in [7, 11) is -4.09. The minimum Gasteiger partial charge on any atom is -0.481 e. The van der Waals surface area contributed by atoms with Crippen molar-refractivity contribution in [1.82, 2.24) is 4.98 Å². The molecule has 4 rings (SSSR count). The molecular weight excluding hydrogens is 459 g/mol. The lowest BCUT2D eigenvalue weighted by atomic mass is 9.83. The van der Waals surface area contributed by atoms with Gasteiger partial charge in [0, 0.05) is 26.9 Å². The van der Waals surface area contributed by atoms with Crippen LogP contribution >= 0.6 is 23.2 Å². The molecule has 9 heteroatoms. The first-order valence-corrected chi connectivity index (χ1v) is 12.3. The Balaban J connectivity index is 1.97. The zero-order chi connectivity index (χ0) is 22.3. The number of aliphatic carboxylic acids is 1. The van der Waals surface area contributed by atoms with Gasteiger partial charge in [0.1, 0.15) is 0 Å². The molecule has 164 valence electrons. The third-order valence-corrected chi connectivity index (χ3v) is 7.59. The van der Waals surface area contributed by atoms with Gasteiger partial charge in [-0.3, -0.25) is 4.79 Å². The minimum absolute atomic E-state index is 0.0185. The number of sulfonamides is 1. The van der Waals surface area contributed by atoms with Gasteiger partial charge in [-0.2, -0.15) is 0 Å². The van der Waals surface area contributed by atoms with E-state index in [1.54, 1.807) is 36.4 Å². The Kier molecular flexibility index (Phi) is 6.05. The molecule has 3 aromatic rings. The van der Waals surface area contributed by atoms with Crippen LogP contribution < -0.4 is 5.14 Å². The second-order valence-corrected chi connectivity index (χ2v) is 10.5. The standard InChI is InChI=1S/C22H22Cl2N2O4S/c23-13-6-4-12(5-7-13)15-2-1-3-17(22(15)31(25,29)30)21-18(11-20(27)28)16-9-8-14(24)10-19(16)26-21/h1-3,8-10,12-13,26H,4-7,11H2,(H,27,28)(H2,25,29,30). The molecular formula is C22H22Cl2N2O4S. The molecule has 1 aliphatic carbocycles. The summed E-state index contributed by atoms with van der Waals surface area (Å²) in [6.07, 6.45) is 2.86. The smallest absolute Gasteiger partial charge is 0.307 e. The van der Waals surface area contributed by atoms with Crippen molar-refractivity contribution in [3.05, 3.63) is 52.5 Å². The number of alkyl halides is 1. The van der Waals surface area contributed by atoms with Crippen molar-refractivity contribution in [3.8, 4) is 11.3 Å². The molecule has 0 aliphatic heterocycles. The summed E-state index contributed by atoms with van der Waals surface area (Å²) in [4.78, 5) is 14.8. The Morgan fingerprint density at radius 1 is 1.16 bits per heavy atom. The molecule has 1 aliphatic rings. The van der Waals surface area contributed by atoms with E-state index in [2.05, 4.69) is 4.98 Å². The van der Waals surface area contributed by atoms with Gasteiger partial charge < -0.3 is 10.1 Å². The first kappa shape index (κ1) is 22.1. The Morgan fingerprint density at radius 2 is 1.87 bits per heavy atom. The quantitative estimate of drug-likeness (QED) is 0.444. The number of nitrogens with two attached hydrogens (primary N) is 1. The van der Waals surface area contributed by atoms with Gasteiger partial charge in [-0.25, -0.2) is 13.6 Å². The van der Waals surface area contributed by atoms with Gasteiger partial charge in [0.25, 0.3) is 0 Å². The van der Waals surface area contributed by atoms with Crippen molar-refractivity contribution in [1.29, 1.82) is 0 Å². The molecule has 0 unspecified atom stereocenters. The maximum atomic E-state index is 12.8. The summed E-state index contributed by atoms with van der Waals surface area (Å²) in [6, 6.07) is 10.3. The van der Waals surface area contributed by atoms with Crippen LogP contribution in [0, 0.1) is 0 Å². The second kappa shape index (κ2) is 8.47. The number of benzene rings is 2. The number of nitrogens with one attached hydrogen (secondary N) is 1. The first-order valence-electron chi connectivity index (χ1n) is 9.97. The number of primary sulfonamides is 1. The number of hydrogen-bond acceptors (Lipinski definition) is 3. The molecule has 1 aromatic heterocycles. The lowest BCUT2D eigenvalue weighted by Gasteiger charge is -2.27. The predicted octanol–water partition coefficient (Wildman–Crippen LogP) is 5.03. The molecule has 2 aromatic carbocycles. The number of fused-ring (bicyclic) bond motifs is 1. The fraction of sp³-hybridized carbons (Fsp3) is 0.318. The van der Waals surface area contributed by atoms with E-state index < -0.39 is 16.0 Å². The third kappa shape index (κ3) is 4.46. The summed E-state index contributed by atoms with van der Waals surface area (Å²) >= 11 is 12.4. The highest BCUT2D eigenvalue weighted by molar-refractivity contribution is 7.89. The molecule has 1 saturated carbocycles. The van der Waals surface area contributed by atoms with Crippen molar-refractivity contribution in [2.45, 2.75) is 48.3 Å². The molecule has 31 heavy (non-hydrogen) atoms. The third-order valence-electron chi connectivity index (χ3n) is 5.89. The molecule has 0 spiro atoms. The van der Waals surface area contributed by atoms with E-state index in [4.69, 9.17) is 28.3 Å². The number of carboxylic acid groups (broad SMARTS) is 1. The molecule has 6 nitrogen and oxygen atoms in total. The van der Waals surface area contributed by atoms with Gasteiger partial charge in [0.2, 0.25) is 10.0 Å². The zero-order valence-corrected chi connectivity index (χ0v) is 18.9. The largest absolute Gasteiger partial charge is 0.481 e. The average molecular weight is 481 g/mol. The number of aromatic amines is 1. The molecule has 1 heterocycles. The van der Waals surface area contributed by atoms with Gasteiger partial charge in [-0.05, 0) is 54.9 Å². The van der Waals surface area contributed by atoms with Crippen LogP contribution in [0.15, 0.2) is 41.3 Å². The van der Waals surface area contributed by atoms with E-state index in [1.165, 1.54) is 0 Å². The SMILES string of the molecule is NS(=O)(=O)c1c(-c2[nH]c3cc(Cl)ccc3c2CC(=O)O)cccc1C1CCC(Cl)CC1. The first-order chi connectivity index (χ1) is 14.6. The second-order valence-electron chi connectivity index (χ2n) is 7.96. The van der Waals surface area contributed by atoms with Crippen molar-refractivity contribution < 1.29 is 18.3 Å². The van der Waals surface area contributed by atoms with Crippen molar-refractivity contribution in [2.24, 2.45) is 5.14 Å². The van der Waals surface area contributed by atoms with Crippen LogP contribution in [0.2, 0.25) is 5.02 Å². The van der Waals surface area contributed by atoms with E-state index >= 15 is 0 Å². The van der Waals surface area contributed by atoms with E-state index in [-0.39, 0.29) is 22.6 Å². The molecule has 0 bridgehead atoms. The molecule has 4 N–H and O–H groups in total. The summed E-state index contributed by atoms with van der Waals surface area (Å²) < 4.78 is 25.5. The average Bonchev–Trinajstić information content (AvgIpc) is 3.04. The zero-order valence-electron chi connectivity index (χ0n) is 16.6. The minimum atomic E-state index is -4.09. The molecule has 1 fully saturated rings. The van der Waals surface area contributed by atoms with Crippen molar-refractivity contribution >= 4 is 50.1 Å². The van der Waals surface area contributed by atoms with Crippen LogP contribution in [-0.2, 0) is 21.2 Å². The fourth-order valence-corrected chi connectivity index (χ4v) is 6.01. The van der Waals surface area contributed by atoms with Crippen LogP contribution in [0.4, 0.5) is 0 Å². The van der Waals surface area contributed by atoms with Gasteiger partial charge in [-0.15, -0.1) is 11.6 Å². The van der Waals surface area contributed by atoms with E-state index in [0.29, 0.717) is 38.3 Å². The van der Waals surface area contributed by atoms with Gasteiger partial charge in [0.15, 0.2) is 0 Å². The van der Waals surface area contributed by atoms with E-state index in [9.17, 15) is 18.3 Å². The molecule has 0 atom stereocenters. The van der Waals surface area contributed by atoms with E-state index in [1.807, 2.05) is 0 Å². The number of hydrogen-bond donors (Lipinski definition) is 3. The summed E-state index contributed by atoms with van der Waals surface area (Å²) in [5.74, 6) is -1.00. The number of H-pyrrole nitrogens is 1. The van der Waals surface area contributed by atoms with E-state index in [0.717, 1.165) is 25.7 Å². The summed E-state index contributed by atoms with van der Waals surface area (Å²) in [5.41, 5.74) is 2.58. The van der Waals surface area contributed by atoms with Crippen LogP contribution in [0.1, 0.15) is 42.7 Å². The Labute approximate surface area is 190 Å². The summed E-state index contributed by atoms with van der Waals surface area (Å²) in [6.45, 7) is 0. The van der Waals surface area contributed by atoms with Gasteiger partial charge in [0.05, 0.1) is 17.0 Å². The number of aromatic nitrogens is 1. The Morgan fingerprint density at radius 3 is 2.52 bits per heavy atom. The monoisotopic (exact) mass is 480 g/mol. The molecule has 0 saturated heterocycles. The van der Waals surface area contributed by atoms with Gasteiger partial charge >= 0.3 is 5.97 Å². The van der Waals surface area contributed by atoms with Crippen molar-refractivity contribution in [2.75, 3.05) is 0 Å². The normalized spacial score (nSPS) is 19.6. The maximum Gasteiger partial charge on any atom is 0.307 e. The Bertz CT molecular complexity index is 1260. The molecule has 0 amide bonds. The Hall–Kier alpha value is -2.06. The highest BCUT2D eigenvalue weighted by Gasteiger charge is 2.30. The van der Waals surface area contributed by atoms with Crippen molar-refractivity contribution in [3.63, 3.8) is 0 Å². The van der Waals surface area contributed by atoms with Gasteiger partial charge in [-0.1, -0.05) is 35.9 Å². The lowest BCUT2D eigenvalue weighted by molar-refractivity contribution is -0.136.